The van der Waals surface area contributed by atoms with Crippen LogP contribution in [0.1, 0.15) is 30.0 Å². The maximum atomic E-state index is 10.6. The summed E-state index contributed by atoms with van der Waals surface area (Å²) in [4.78, 5) is 12.7. The zero-order valence-corrected chi connectivity index (χ0v) is 12.6. The van der Waals surface area contributed by atoms with Crippen molar-refractivity contribution in [2.24, 2.45) is 0 Å². The van der Waals surface area contributed by atoms with Crippen LogP contribution in [0.25, 0.3) is 0 Å². The molecule has 1 rings (SSSR count). The number of carboxylic acids is 1. The van der Waals surface area contributed by atoms with Crippen LogP contribution in [0.5, 0.6) is 0 Å². The molecular formula is C13H21NO2S2. The highest BCUT2D eigenvalue weighted by molar-refractivity contribution is 7.99. The molecule has 18 heavy (non-hydrogen) atoms. The van der Waals surface area contributed by atoms with Crippen LogP contribution < -0.4 is 5.32 Å². The van der Waals surface area contributed by atoms with E-state index in [1.54, 1.807) is 11.3 Å². The molecular weight excluding hydrogens is 266 g/mol. The van der Waals surface area contributed by atoms with E-state index in [9.17, 15) is 4.79 Å². The van der Waals surface area contributed by atoms with Gasteiger partial charge in [0.05, 0.1) is 6.42 Å². The van der Waals surface area contributed by atoms with Gasteiger partial charge in [0.25, 0.3) is 0 Å². The van der Waals surface area contributed by atoms with Gasteiger partial charge in [0.15, 0.2) is 0 Å². The van der Waals surface area contributed by atoms with Crippen molar-refractivity contribution in [3.8, 4) is 0 Å². The van der Waals surface area contributed by atoms with Gasteiger partial charge in [0.2, 0.25) is 0 Å². The third kappa shape index (κ3) is 6.42. The van der Waals surface area contributed by atoms with Gasteiger partial charge in [0, 0.05) is 22.3 Å². The molecule has 0 aliphatic carbocycles. The van der Waals surface area contributed by atoms with Gasteiger partial charge in [-0.25, -0.2) is 0 Å². The summed E-state index contributed by atoms with van der Waals surface area (Å²) in [7, 11) is 0. The fourth-order valence-electron chi connectivity index (χ4n) is 1.54. The molecule has 1 atom stereocenters. The first kappa shape index (κ1) is 15.5. The lowest BCUT2D eigenvalue weighted by Crippen LogP contribution is -2.25. The largest absolute Gasteiger partial charge is 0.481 e. The molecule has 5 heteroatoms. The fourth-order valence-corrected chi connectivity index (χ4v) is 3.31. The van der Waals surface area contributed by atoms with E-state index in [1.807, 2.05) is 23.9 Å². The number of thioether (sulfide) groups is 1. The first-order valence-corrected chi connectivity index (χ1v) is 8.19. The summed E-state index contributed by atoms with van der Waals surface area (Å²) in [6.45, 7) is 5.21. The summed E-state index contributed by atoms with van der Waals surface area (Å²) in [6, 6.07) is 4.44. The van der Waals surface area contributed by atoms with Gasteiger partial charge < -0.3 is 10.4 Å². The Morgan fingerprint density at radius 3 is 2.89 bits per heavy atom. The molecule has 102 valence electrons. The van der Waals surface area contributed by atoms with Crippen LogP contribution in [0.15, 0.2) is 12.1 Å². The number of rotatable bonds is 9. The van der Waals surface area contributed by atoms with Crippen molar-refractivity contribution in [1.29, 1.82) is 0 Å². The average molecular weight is 287 g/mol. The predicted molar refractivity (Wildman–Crippen MR) is 79.6 cm³/mol. The smallest absolute Gasteiger partial charge is 0.308 e. The Labute approximate surface area is 117 Å². The number of thiophene rings is 1. The van der Waals surface area contributed by atoms with Crippen LogP contribution in [-0.2, 0) is 17.8 Å². The Morgan fingerprint density at radius 2 is 2.22 bits per heavy atom. The fraction of sp³-hybridized carbons (Fsp3) is 0.615. The van der Waals surface area contributed by atoms with Gasteiger partial charge in [0.1, 0.15) is 0 Å². The lowest BCUT2D eigenvalue weighted by Gasteiger charge is -2.12. The van der Waals surface area contributed by atoms with Gasteiger partial charge in [-0.1, -0.05) is 6.92 Å². The molecule has 3 nitrogen and oxygen atoms in total. The first-order valence-electron chi connectivity index (χ1n) is 6.22. The van der Waals surface area contributed by atoms with Crippen molar-refractivity contribution in [2.75, 3.05) is 11.5 Å². The Balaban J connectivity index is 2.25. The molecule has 1 aromatic rings. The minimum atomic E-state index is -0.763. The number of hydrogen-bond acceptors (Lipinski definition) is 4. The molecule has 0 radical (unpaired) electrons. The van der Waals surface area contributed by atoms with Crippen molar-refractivity contribution in [3.05, 3.63) is 21.9 Å². The van der Waals surface area contributed by atoms with Crippen molar-refractivity contribution in [1.82, 2.24) is 5.32 Å². The predicted octanol–water partition coefficient (Wildman–Crippen LogP) is 3.00. The Hall–Kier alpha value is -0.520. The summed E-state index contributed by atoms with van der Waals surface area (Å²) in [5, 5.41) is 12.2. The van der Waals surface area contributed by atoms with Crippen LogP contribution >= 0.6 is 23.1 Å². The SMILES string of the molecule is CCSCCC(C)NCc1ccc(CC(=O)O)s1. The van der Waals surface area contributed by atoms with Crippen LogP contribution in [0.4, 0.5) is 0 Å². The second-order valence-electron chi connectivity index (χ2n) is 4.21. The molecule has 0 aliphatic rings. The van der Waals surface area contributed by atoms with Crippen molar-refractivity contribution < 1.29 is 9.90 Å². The molecule has 0 aliphatic heterocycles. The van der Waals surface area contributed by atoms with Gasteiger partial charge in [-0.05, 0) is 37.0 Å². The normalized spacial score (nSPS) is 12.6. The Kier molecular flexibility index (Phi) is 7.39. The van der Waals surface area contributed by atoms with E-state index in [2.05, 4.69) is 19.2 Å². The topological polar surface area (TPSA) is 49.3 Å². The standard InChI is InChI=1S/C13H21NO2S2/c1-3-17-7-6-10(2)14-9-12-5-4-11(18-12)8-13(15)16/h4-5,10,14H,3,6-9H2,1-2H3,(H,15,16). The van der Waals surface area contributed by atoms with Crippen LogP contribution in [0, 0.1) is 0 Å². The Morgan fingerprint density at radius 1 is 1.50 bits per heavy atom. The molecule has 1 unspecified atom stereocenters. The Bertz CT molecular complexity index is 366. The highest BCUT2D eigenvalue weighted by Crippen LogP contribution is 2.17. The number of nitrogens with one attached hydrogen (secondary N) is 1. The minimum Gasteiger partial charge on any atom is -0.481 e. The molecule has 1 heterocycles. The average Bonchev–Trinajstić information content (AvgIpc) is 2.73. The second-order valence-corrected chi connectivity index (χ2v) is 6.85. The highest BCUT2D eigenvalue weighted by Gasteiger charge is 2.06. The third-order valence-electron chi connectivity index (χ3n) is 2.57. The quantitative estimate of drug-likeness (QED) is 0.686. The van der Waals surface area contributed by atoms with Gasteiger partial charge >= 0.3 is 5.97 Å². The summed E-state index contributed by atoms with van der Waals surface area (Å²) in [6.07, 6.45) is 1.30. The second kappa shape index (κ2) is 8.56. The van der Waals surface area contributed by atoms with Crippen molar-refractivity contribution >= 4 is 29.1 Å². The lowest BCUT2D eigenvalue weighted by atomic mass is 10.2. The maximum Gasteiger partial charge on any atom is 0.308 e. The van der Waals surface area contributed by atoms with Crippen LogP contribution in [0.3, 0.4) is 0 Å². The molecule has 0 fully saturated rings. The summed E-state index contributed by atoms with van der Waals surface area (Å²) < 4.78 is 0. The van der Waals surface area contributed by atoms with Crippen molar-refractivity contribution in [3.63, 3.8) is 0 Å². The number of hydrogen-bond donors (Lipinski definition) is 2. The van der Waals surface area contributed by atoms with E-state index in [1.165, 1.54) is 22.8 Å². The van der Waals surface area contributed by atoms with E-state index >= 15 is 0 Å². The van der Waals surface area contributed by atoms with Gasteiger partial charge in [-0.3, -0.25) is 4.79 Å². The zero-order chi connectivity index (χ0) is 13.4. The lowest BCUT2D eigenvalue weighted by molar-refractivity contribution is -0.136. The zero-order valence-electron chi connectivity index (χ0n) is 10.9. The monoisotopic (exact) mass is 287 g/mol. The summed E-state index contributed by atoms with van der Waals surface area (Å²) in [5.41, 5.74) is 0. The van der Waals surface area contributed by atoms with Gasteiger partial charge in [-0.2, -0.15) is 11.8 Å². The van der Waals surface area contributed by atoms with Gasteiger partial charge in [-0.15, -0.1) is 11.3 Å². The van der Waals surface area contributed by atoms with E-state index in [-0.39, 0.29) is 6.42 Å². The minimum absolute atomic E-state index is 0.132. The summed E-state index contributed by atoms with van der Waals surface area (Å²) in [5.74, 6) is 1.61. The van der Waals surface area contributed by atoms with Crippen LogP contribution in [-0.4, -0.2) is 28.6 Å². The van der Waals surface area contributed by atoms with E-state index in [0.29, 0.717) is 6.04 Å². The summed E-state index contributed by atoms with van der Waals surface area (Å²) >= 11 is 3.55. The van der Waals surface area contributed by atoms with Crippen LogP contribution in [0.2, 0.25) is 0 Å². The molecule has 1 aromatic heterocycles. The van der Waals surface area contributed by atoms with E-state index in [4.69, 9.17) is 5.11 Å². The third-order valence-corrected chi connectivity index (χ3v) is 4.58. The number of carboxylic acid groups (broad SMARTS) is 1. The molecule has 0 spiro atoms. The molecule has 0 aromatic carbocycles. The molecule has 0 bridgehead atoms. The molecule has 0 saturated carbocycles. The van der Waals surface area contributed by atoms with E-state index in [0.717, 1.165) is 11.4 Å². The highest BCUT2D eigenvalue weighted by atomic mass is 32.2. The molecule has 0 saturated heterocycles. The molecule has 2 N–H and O–H groups in total. The van der Waals surface area contributed by atoms with Crippen molar-refractivity contribution in [2.45, 2.75) is 39.3 Å². The maximum absolute atomic E-state index is 10.6. The first-order chi connectivity index (χ1) is 8.61. The number of aliphatic carboxylic acids is 1. The number of carbonyl (C=O) groups is 1. The van der Waals surface area contributed by atoms with E-state index < -0.39 is 5.97 Å². The molecule has 0 amide bonds.